The largest absolute Gasteiger partial charge is 0.508 e. The van der Waals surface area contributed by atoms with E-state index in [9.17, 15) is 34.5 Å². The van der Waals surface area contributed by atoms with E-state index in [1.54, 1.807) is 26.0 Å². The van der Waals surface area contributed by atoms with Crippen molar-refractivity contribution < 1.29 is 34.5 Å². The van der Waals surface area contributed by atoms with Crippen LogP contribution >= 0.6 is 11.8 Å². The number of aliphatic hydroxyl groups is 1. The lowest BCUT2D eigenvalue weighted by Crippen LogP contribution is -2.58. The summed E-state index contributed by atoms with van der Waals surface area (Å²) in [6.07, 6.45) is 2.47. The molecule has 0 aliphatic rings. The quantitative estimate of drug-likeness (QED) is 0.164. The van der Waals surface area contributed by atoms with Crippen molar-refractivity contribution in [1.29, 1.82) is 0 Å². The van der Waals surface area contributed by atoms with E-state index in [0.717, 1.165) is 0 Å². The second-order valence-corrected chi connectivity index (χ2v) is 9.58. The third kappa shape index (κ3) is 11.0. The summed E-state index contributed by atoms with van der Waals surface area (Å²) in [6.45, 7) is 2.82. The number of aliphatic hydroxyl groups excluding tert-OH is 1. The first-order chi connectivity index (χ1) is 16.5. The highest BCUT2D eigenvalue weighted by atomic mass is 32.2. The molecule has 0 radical (unpaired) electrons. The van der Waals surface area contributed by atoms with E-state index in [4.69, 9.17) is 5.73 Å². The Morgan fingerprint density at radius 1 is 0.943 bits per heavy atom. The molecule has 1 rings (SSSR count). The monoisotopic (exact) mass is 512 g/mol. The van der Waals surface area contributed by atoms with Crippen molar-refractivity contribution in [3.8, 4) is 5.75 Å². The van der Waals surface area contributed by atoms with Gasteiger partial charge in [0.2, 0.25) is 17.7 Å². The number of thioether (sulfide) groups is 1. The zero-order chi connectivity index (χ0) is 26.5. The predicted octanol–water partition coefficient (Wildman–Crippen LogP) is -0.407. The van der Waals surface area contributed by atoms with E-state index in [0.29, 0.717) is 17.7 Å². The molecule has 0 heterocycles. The lowest BCUT2D eigenvalue weighted by Gasteiger charge is -2.25. The van der Waals surface area contributed by atoms with Gasteiger partial charge in [-0.1, -0.05) is 26.0 Å². The first-order valence-electron chi connectivity index (χ1n) is 11.3. The van der Waals surface area contributed by atoms with Gasteiger partial charge in [-0.05, 0) is 48.5 Å². The number of carbonyl (C=O) groups is 4. The standard InChI is InChI=1S/C23H36N4O7S/c1-13(2)10-18(23(33)34)26-22(32)19(12-28)27-21(31)17(11-14-4-6-15(29)7-5-14)25-20(30)16(24)8-9-35-3/h4-7,13,16-19,28-29H,8-12,24H2,1-3H3,(H,25,30)(H,26,32)(H,27,31)(H,33,34). The Labute approximate surface area is 209 Å². The van der Waals surface area contributed by atoms with Crippen molar-refractivity contribution in [3.05, 3.63) is 29.8 Å². The molecule has 12 heteroatoms. The molecule has 0 saturated heterocycles. The fraction of sp³-hybridized carbons (Fsp3) is 0.565. The van der Waals surface area contributed by atoms with Crippen LogP contribution < -0.4 is 21.7 Å². The van der Waals surface area contributed by atoms with E-state index >= 15 is 0 Å². The van der Waals surface area contributed by atoms with Crippen LogP contribution in [-0.4, -0.2) is 81.8 Å². The van der Waals surface area contributed by atoms with Crippen LogP contribution in [-0.2, 0) is 25.6 Å². The summed E-state index contributed by atoms with van der Waals surface area (Å²) in [5.74, 6) is -2.73. The molecule has 0 aliphatic carbocycles. The third-order valence-corrected chi connectivity index (χ3v) is 5.76. The highest BCUT2D eigenvalue weighted by molar-refractivity contribution is 7.98. The molecule has 0 spiro atoms. The SMILES string of the molecule is CSCCC(N)C(=O)NC(Cc1ccc(O)cc1)C(=O)NC(CO)C(=O)NC(CC(C)C)C(=O)O. The van der Waals surface area contributed by atoms with Gasteiger partial charge in [-0.2, -0.15) is 11.8 Å². The Morgan fingerprint density at radius 2 is 1.49 bits per heavy atom. The van der Waals surface area contributed by atoms with Crippen molar-refractivity contribution in [1.82, 2.24) is 16.0 Å². The lowest BCUT2D eigenvalue weighted by atomic mass is 10.0. The first kappa shape index (κ1) is 30.2. The van der Waals surface area contributed by atoms with Gasteiger partial charge in [0.05, 0.1) is 12.6 Å². The second kappa shape index (κ2) is 15.2. The minimum Gasteiger partial charge on any atom is -0.508 e. The number of phenols is 1. The van der Waals surface area contributed by atoms with E-state index in [2.05, 4.69) is 16.0 Å². The number of carboxylic acid groups (broad SMARTS) is 1. The average molecular weight is 513 g/mol. The van der Waals surface area contributed by atoms with Gasteiger partial charge in [0, 0.05) is 6.42 Å². The molecule has 3 amide bonds. The number of benzene rings is 1. The van der Waals surface area contributed by atoms with Crippen LogP contribution in [0.15, 0.2) is 24.3 Å². The Morgan fingerprint density at radius 3 is 2.00 bits per heavy atom. The molecule has 4 unspecified atom stereocenters. The Bertz CT molecular complexity index is 851. The van der Waals surface area contributed by atoms with Crippen LogP contribution in [0.2, 0.25) is 0 Å². The van der Waals surface area contributed by atoms with Gasteiger partial charge in [-0.15, -0.1) is 0 Å². The number of nitrogens with one attached hydrogen (secondary N) is 3. The number of aliphatic carboxylic acids is 1. The first-order valence-corrected chi connectivity index (χ1v) is 12.6. The Hall–Kier alpha value is -2.83. The number of carbonyl (C=O) groups excluding carboxylic acids is 3. The van der Waals surface area contributed by atoms with Gasteiger partial charge in [0.25, 0.3) is 0 Å². The average Bonchev–Trinajstić information content (AvgIpc) is 2.80. The molecule has 0 aliphatic heterocycles. The normalized spacial score (nSPS) is 14.5. The number of carboxylic acids is 1. The smallest absolute Gasteiger partial charge is 0.326 e. The highest BCUT2D eigenvalue weighted by Crippen LogP contribution is 2.12. The van der Waals surface area contributed by atoms with Crippen LogP contribution in [0.25, 0.3) is 0 Å². The zero-order valence-electron chi connectivity index (χ0n) is 20.2. The minimum atomic E-state index is -1.43. The van der Waals surface area contributed by atoms with Crippen molar-refractivity contribution in [3.63, 3.8) is 0 Å². The summed E-state index contributed by atoms with van der Waals surface area (Å²) in [6, 6.07) is 1.42. The summed E-state index contributed by atoms with van der Waals surface area (Å²) in [5.41, 5.74) is 6.53. The van der Waals surface area contributed by atoms with E-state index < -0.39 is 54.5 Å². The molecule has 0 bridgehead atoms. The maximum Gasteiger partial charge on any atom is 0.326 e. The Balaban J connectivity index is 2.99. The van der Waals surface area contributed by atoms with E-state index in [-0.39, 0.29) is 24.5 Å². The fourth-order valence-corrected chi connectivity index (χ4v) is 3.65. The molecule has 0 saturated carbocycles. The summed E-state index contributed by atoms with van der Waals surface area (Å²) in [4.78, 5) is 49.6. The van der Waals surface area contributed by atoms with Crippen molar-refractivity contribution in [2.45, 2.75) is 57.3 Å². The van der Waals surface area contributed by atoms with Crippen LogP contribution in [0.5, 0.6) is 5.75 Å². The molecular weight excluding hydrogens is 476 g/mol. The topological polar surface area (TPSA) is 191 Å². The van der Waals surface area contributed by atoms with Crippen molar-refractivity contribution >= 4 is 35.5 Å². The summed E-state index contributed by atoms with van der Waals surface area (Å²) in [7, 11) is 0. The molecule has 1 aromatic carbocycles. The molecule has 4 atom stereocenters. The molecule has 8 N–H and O–H groups in total. The van der Waals surface area contributed by atoms with Crippen LogP contribution in [0.4, 0.5) is 0 Å². The predicted molar refractivity (Wildman–Crippen MR) is 133 cm³/mol. The fourth-order valence-electron chi connectivity index (χ4n) is 3.16. The third-order valence-electron chi connectivity index (χ3n) is 5.12. The van der Waals surface area contributed by atoms with Gasteiger partial charge in [-0.3, -0.25) is 14.4 Å². The number of rotatable bonds is 15. The number of nitrogens with two attached hydrogens (primary N) is 1. The number of hydrogen-bond acceptors (Lipinski definition) is 8. The minimum absolute atomic E-state index is 0.0150. The van der Waals surface area contributed by atoms with Gasteiger partial charge in [-0.25, -0.2) is 4.79 Å². The number of hydrogen-bond donors (Lipinski definition) is 7. The molecule has 11 nitrogen and oxygen atoms in total. The second-order valence-electron chi connectivity index (χ2n) is 8.59. The maximum atomic E-state index is 13.0. The highest BCUT2D eigenvalue weighted by Gasteiger charge is 2.30. The number of amides is 3. The van der Waals surface area contributed by atoms with Gasteiger partial charge >= 0.3 is 5.97 Å². The molecule has 196 valence electrons. The van der Waals surface area contributed by atoms with Gasteiger partial charge in [0.1, 0.15) is 23.9 Å². The summed E-state index contributed by atoms with van der Waals surface area (Å²) < 4.78 is 0. The Kier molecular flexibility index (Phi) is 13.1. The number of phenolic OH excluding ortho intramolecular Hbond substituents is 1. The van der Waals surface area contributed by atoms with Crippen LogP contribution in [0.3, 0.4) is 0 Å². The molecule has 1 aromatic rings. The summed E-state index contributed by atoms with van der Waals surface area (Å²) >= 11 is 1.52. The van der Waals surface area contributed by atoms with Crippen molar-refractivity contribution in [2.75, 3.05) is 18.6 Å². The van der Waals surface area contributed by atoms with Crippen LogP contribution in [0, 0.1) is 5.92 Å². The molecule has 0 aromatic heterocycles. The van der Waals surface area contributed by atoms with Crippen molar-refractivity contribution in [2.24, 2.45) is 11.7 Å². The van der Waals surface area contributed by atoms with Gasteiger partial charge in [0.15, 0.2) is 0 Å². The van der Waals surface area contributed by atoms with E-state index in [1.807, 2.05) is 6.26 Å². The van der Waals surface area contributed by atoms with Crippen LogP contribution in [0.1, 0.15) is 32.3 Å². The lowest BCUT2D eigenvalue weighted by molar-refractivity contribution is -0.143. The molecular formula is C23H36N4O7S. The zero-order valence-corrected chi connectivity index (χ0v) is 21.0. The molecule has 0 fully saturated rings. The van der Waals surface area contributed by atoms with E-state index in [1.165, 1.54) is 23.9 Å². The summed E-state index contributed by atoms with van der Waals surface area (Å²) in [5, 5.41) is 35.8. The molecule has 35 heavy (non-hydrogen) atoms. The maximum absolute atomic E-state index is 13.0. The number of aromatic hydroxyl groups is 1. The van der Waals surface area contributed by atoms with Gasteiger partial charge < -0.3 is 37.0 Å².